The number of nitrogens with one attached hydrogen (secondary N) is 1. The average molecular weight is 568 g/mol. The van der Waals surface area contributed by atoms with Crippen LogP contribution in [0.25, 0.3) is 0 Å². The lowest BCUT2D eigenvalue weighted by Gasteiger charge is -2.35. The molecule has 1 aliphatic rings. The van der Waals surface area contributed by atoms with Crippen molar-refractivity contribution in [2.75, 3.05) is 39.6 Å². The van der Waals surface area contributed by atoms with Gasteiger partial charge in [-0.25, -0.2) is 0 Å². The van der Waals surface area contributed by atoms with Crippen molar-refractivity contribution in [1.29, 1.82) is 0 Å². The Morgan fingerprint density at radius 1 is 1.15 bits per heavy atom. The topological polar surface area (TPSA) is 61.9 Å². The number of amides is 2. The largest absolute Gasteiger partial charge is 0.497 e. The van der Waals surface area contributed by atoms with Crippen molar-refractivity contribution in [2.45, 2.75) is 57.2 Å². The van der Waals surface area contributed by atoms with Gasteiger partial charge in [0.1, 0.15) is 5.75 Å². The van der Waals surface area contributed by atoms with Crippen LogP contribution in [0.1, 0.15) is 60.9 Å². The summed E-state index contributed by atoms with van der Waals surface area (Å²) in [5.41, 5.74) is 1.19. The number of rotatable bonds is 10. The van der Waals surface area contributed by atoms with Crippen molar-refractivity contribution >= 4 is 29.1 Å². The lowest BCUT2D eigenvalue weighted by Crippen LogP contribution is -2.44. The predicted molar refractivity (Wildman–Crippen MR) is 147 cm³/mol. The molecule has 1 N–H and O–H groups in total. The van der Waals surface area contributed by atoms with Crippen LogP contribution in [-0.2, 0) is 4.79 Å². The summed E-state index contributed by atoms with van der Waals surface area (Å²) >= 11 is 6.30. The molecule has 6 nitrogen and oxygen atoms in total. The van der Waals surface area contributed by atoms with Gasteiger partial charge in [-0.3, -0.25) is 9.59 Å². The highest BCUT2D eigenvalue weighted by Crippen LogP contribution is 2.38. The van der Waals surface area contributed by atoms with Crippen LogP contribution in [-0.4, -0.2) is 68.1 Å². The second-order valence-corrected chi connectivity index (χ2v) is 10.8. The molecule has 2 amide bonds. The first-order valence-electron chi connectivity index (χ1n) is 13.2. The maximum atomic E-state index is 13.9. The standard InChI is InChI=1S/C29H37ClF3N3O3/c1-19(34-22-11-12-24(25(30)18-22)27(37)35(2)3)7-5-8-20-13-15-36(16-14-20)28(38)26(29(31,32)33)21-9-6-10-23(17-21)39-4/h6,9-12,17-20,26,34H,5,7-8,13-16H2,1-4H3. The van der Waals surface area contributed by atoms with E-state index in [9.17, 15) is 22.8 Å². The first-order valence-corrected chi connectivity index (χ1v) is 13.6. The van der Waals surface area contributed by atoms with Crippen LogP contribution >= 0.6 is 11.6 Å². The van der Waals surface area contributed by atoms with Crippen molar-refractivity contribution in [3.63, 3.8) is 0 Å². The van der Waals surface area contributed by atoms with Crippen molar-refractivity contribution < 1.29 is 27.5 Å². The molecule has 1 fully saturated rings. The number of alkyl halides is 3. The molecule has 2 unspecified atom stereocenters. The molecule has 0 spiro atoms. The molecule has 0 aromatic heterocycles. The highest BCUT2D eigenvalue weighted by Gasteiger charge is 2.48. The number of hydrogen-bond acceptors (Lipinski definition) is 4. The van der Waals surface area contributed by atoms with Gasteiger partial charge in [-0.1, -0.05) is 36.6 Å². The van der Waals surface area contributed by atoms with Crippen LogP contribution in [0.4, 0.5) is 18.9 Å². The Balaban J connectivity index is 1.47. The number of likely N-dealkylation sites (tertiary alicyclic amines) is 1. The second kappa shape index (κ2) is 13.4. The number of benzene rings is 2. The van der Waals surface area contributed by atoms with E-state index in [-0.39, 0.29) is 23.3 Å². The fraction of sp³-hybridized carbons (Fsp3) is 0.517. The Hall–Kier alpha value is -2.94. The average Bonchev–Trinajstić information content (AvgIpc) is 2.88. The summed E-state index contributed by atoms with van der Waals surface area (Å²) in [7, 11) is 4.74. The maximum Gasteiger partial charge on any atom is 0.404 e. The van der Waals surface area contributed by atoms with E-state index < -0.39 is 18.0 Å². The molecule has 2 aromatic rings. The van der Waals surface area contributed by atoms with E-state index in [0.29, 0.717) is 42.4 Å². The third-order valence-corrected chi connectivity index (χ3v) is 7.51. The third-order valence-electron chi connectivity index (χ3n) is 7.20. The van der Waals surface area contributed by atoms with Gasteiger partial charge >= 0.3 is 6.18 Å². The molecular weight excluding hydrogens is 531 g/mol. The second-order valence-electron chi connectivity index (χ2n) is 10.4. The molecular formula is C29H37ClF3N3O3. The number of methoxy groups -OCH3 is 1. The Morgan fingerprint density at radius 2 is 1.85 bits per heavy atom. The lowest BCUT2D eigenvalue weighted by atomic mass is 9.89. The molecule has 0 aliphatic carbocycles. The lowest BCUT2D eigenvalue weighted by molar-refractivity contribution is -0.172. The fourth-order valence-electron chi connectivity index (χ4n) is 5.01. The van der Waals surface area contributed by atoms with Crippen LogP contribution in [0.3, 0.4) is 0 Å². The van der Waals surface area contributed by atoms with Gasteiger partial charge in [-0.15, -0.1) is 0 Å². The predicted octanol–water partition coefficient (Wildman–Crippen LogP) is 6.61. The van der Waals surface area contributed by atoms with E-state index in [4.69, 9.17) is 16.3 Å². The van der Waals surface area contributed by atoms with Gasteiger partial charge in [0, 0.05) is 38.9 Å². The summed E-state index contributed by atoms with van der Waals surface area (Å²) in [6.45, 7) is 2.72. The summed E-state index contributed by atoms with van der Waals surface area (Å²) in [6.07, 6.45) is -0.506. The van der Waals surface area contributed by atoms with E-state index >= 15 is 0 Å². The first kappa shape index (κ1) is 30.6. The van der Waals surface area contributed by atoms with Gasteiger partial charge in [-0.2, -0.15) is 13.2 Å². The summed E-state index contributed by atoms with van der Waals surface area (Å²) in [5, 5.41) is 3.81. The molecule has 214 valence electrons. The normalized spacial score (nSPS) is 15.9. The van der Waals surface area contributed by atoms with E-state index in [1.807, 2.05) is 6.07 Å². The Bertz CT molecular complexity index is 1130. The Labute approximate surface area is 233 Å². The first-order chi connectivity index (χ1) is 18.4. The molecule has 1 heterocycles. The van der Waals surface area contributed by atoms with Gasteiger partial charge in [-0.05, 0) is 68.0 Å². The minimum atomic E-state index is -4.68. The van der Waals surface area contributed by atoms with Gasteiger partial charge < -0.3 is 19.9 Å². The number of carbonyl (C=O) groups excluding carboxylic acids is 2. The van der Waals surface area contributed by atoms with Crippen LogP contribution in [0.5, 0.6) is 5.75 Å². The molecule has 10 heteroatoms. The monoisotopic (exact) mass is 567 g/mol. The quantitative estimate of drug-likeness (QED) is 0.351. The molecule has 39 heavy (non-hydrogen) atoms. The van der Waals surface area contributed by atoms with E-state index in [1.54, 1.807) is 32.3 Å². The smallest absolute Gasteiger partial charge is 0.404 e. The van der Waals surface area contributed by atoms with Gasteiger partial charge in [0.05, 0.1) is 17.7 Å². The molecule has 3 rings (SSSR count). The highest BCUT2D eigenvalue weighted by molar-refractivity contribution is 6.34. The van der Waals surface area contributed by atoms with Crippen LogP contribution in [0.15, 0.2) is 42.5 Å². The van der Waals surface area contributed by atoms with Gasteiger partial charge in [0.15, 0.2) is 5.92 Å². The minimum absolute atomic E-state index is 0.101. The van der Waals surface area contributed by atoms with Gasteiger partial charge in [0.25, 0.3) is 5.91 Å². The third kappa shape index (κ3) is 8.27. The summed E-state index contributed by atoms with van der Waals surface area (Å²) in [5.74, 6) is -2.59. The number of anilines is 1. The molecule has 0 saturated carbocycles. The molecule has 2 aromatic carbocycles. The van der Waals surface area contributed by atoms with E-state index in [0.717, 1.165) is 24.9 Å². The number of halogens is 4. The SMILES string of the molecule is COc1cccc(C(C(=O)N2CCC(CCCC(C)Nc3ccc(C(=O)N(C)C)c(Cl)c3)CC2)C(F)(F)F)c1. The Morgan fingerprint density at radius 3 is 2.44 bits per heavy atom. The van der Waals surface area contributed by atoms with E-state index in [1.165, 1.54) is 35.1 Å². The number of hydrogen-bond donors (Lipinski definition) is 1. The van der Waals surface area contributed by atoms with E-state index in [2.05, 4.69) is 12.2 Å². The van der Waals surface area contributed by atoms with Crippen molar-refractivity contribution in [3.8, 4) is 5.75 Å². The van der Waals surface area contributed by atoms with Crippen molar-refractivity contribution in [1.82, 2.24) is 9.80 Å². The highest BCUT2D eigenvalue weighted by atomic mass is 35.5. The minimum Gasteiger partial charge on any atom is -0.497 e. The summed E-state index contributed by atoms with van der Waals surface area (Å²) in [6, 6.07) is 11.1. The maximum absolute atomic E-state index is 13.9. The van der Waals surface area contributed by atoms with Crippen molar-refractivity contribution in [3.05, 3.63) is 58.6 Å². The van der Waals surface area contributed by atoms with Crippen LogP contribution in [0.2, 0.25) is 5.02 Å². The van der Waals surface area contributed by atoms with Crippen molar-refractivity contribution in [2.24, 2.45) is 5.92 Å². The number of carbonyl (C=O) groups is 2. The fourth-order valence-corrected chi connectivity index (χ4v) is 5.27. The van der Waals surface area contributed by atoms with Crippen LogP contribution < -0.4 is 10.1 Å². The van der Waals surface area contributed by atoms with Crippen LogP contribution in [0, 0.1) is 5.92 Å². The Kier molecular flexibility index (Phi) is 10.5. The number of nitrogens with zero attached hydrogens (tertiary/aromatic N) is 2. The zero-order valence-electron chi connectivity index (χ0n) is 22.9. The zero-order valence-corrected chi connectivity index (χ0v) is 23.6. The molecule has 1 saturated heterocycles. The zero-order chi connectivity index (χ0) is 28.7. The molecule has 0 radical (unpaired) electrons. The molecule has 1 aliphatic heterocycles. The summed E-state index contributed by atoms with van der Waals surface area (Å²) < 4.78 is 46.8. The molecule has 0 bridgehead atoms. The summed E-state index contributed by atoms with van der Waals surface area (Å²) in [4.78, 5) is 28.0. The number of piperidine rings is 1. The van der Waals surface area contributed by atoms with Gasteiger partial charge in [0.2, 0.25) is 5.91 Å². The number of ether oxygens (including phenoxy) is 1. The molecule has 2 atom stereocenters.